The number of hydrogen-bond donors (Lipinski definition) is 1. The Morgan fingerprint density at radius 2 is 1.71 bits per heavy atom. The molecule has 0 radical (unpaired) electrons. The topological polar surface area (TPSA) is 26.0 Å². The predicted octanol–water partition coefficient (Wildman–Crippen LogP) is 2.10. The third kappa shape index (κ3) is 0.857. The second-order valence-electron chi connectivity index (χ2n) is 4.80. The maximum Gasteiger partial charge on any atom is 0.159 e. The molecule has 3 aliphatic carbocycles. The summed E-state index contributed by atoms with van der Waals surface area (Å²) in [5.41, 5.74) is 6.89. The highest BCUT2D eigenvalue weighted by Crippen LogP contribution is 2.66. The van der Waals surface area contributed by atoms with E-state index in [4.69, 9.17) is 5.73 Å². The fourth-order valence-corrected chi connectivity index (χ4v) is 3.00. The average Bonchev–Trinajstić information content (AvgIpc) is 2.03. The smallest absolute Gasteiger partial charge is 0.159 e. The van der Waals surface area contributed by atoms with Gasteiger partial charge in [0.25, 0.3) is 0 Å². The maximum absolute atomic E-state index is 13.0. The van der Waals surface area contributed by atoms with Crippen molar-refractivity contribution in [2.24, 2.45) is 5.73 Å². The zero-order valence-electron chi connectivity index (χ0n) is 7.69. The molecule has 2 bridgehead atoms. The molecule has 74 valence electrons. The van der Waals surface area contributed by atoms with Crippen LogP contribution in [-0.4, -0.2) is 5.54 Å². The van der Waals surface area contributed by atoms with Gasteiger partial charge in [-0.05, 0) is 37.0 Å². The van der Waals surface area contributed by atoms with Crippen molar-refractivity contribution in [2.75, 3.05) is 0 Å². The first-order valence-corrected chi connectivity index (χ1v) is 4.78. The lowest BCUT2D eigenvalue weighted by atomic mass is 9.38. The summed E-state index contributed by atoms with van der Waals surface area (Å²) in [7, 11) is 0. The van der Waals surface area contributed by atoms with E-state index in [0.717, 1.165) is 24.8 Å². The molecule has 0 aromatic heterocycles. The minimum atomic E-state index is -0.775. The number of hydrogen-bond acceptors (Lipinski definition) is 1. The Morgan fingerprint density at radius 3 is 2.21 bits per heavy atom. The Kier molecular flexibility index (Phi) is 1.29. The summed E-state index contributed by atoms with van der Waals surface area (Å²) < 4.78 is 25.7. The van der Waals surface area contributed by atoms with E-state index in [0.29, 0.717) is 0 Å². The largest absolute Gasteiger partial charge is 0.325 e. The van der Waals surface area contributed by atoms with E-state index < -0.39 is 11.6 Å². The summed E-state index contributed by atoms with van der Waals surface area (Å²) in [5, 5.41) is 0. The molecule has 3 heteroatoms. The monoisotopic (exact) mass is 195 g/mol. The Labute approximate surface area is 80.9 Å². The van der Waals surface area contributed by atoms with Crippen LogP contribution in [0.4, 0.5) is 8.78 Å². The lowest BCUT2D eigenvalue weighted by Gasteiger charge is -2.69. The van der Waals surface area contributed by atoms with Crippen LogP contribution >= 0.6 is 0 Å². The van der Waals surface area contributed by atoms with Crippen LogP contribution in [0.2, 0.25) is 0 Å². The van der Waals surface area contributed by atoms with E-state index in [1.54, 1.807) is 6.07 Å². The number of benzene rings is 1. The van der Waals surface area contributed by atoms with E-state index in [-0.39, 0.29) is 11.0 Å². The van der Waals surface area contributed by atoms with Gasteiger partial charge in [-0.15, -0.1) is 0 Å². The first kappa shape index (κ1) is 8.36. The van der Waals surface area contributed by atoms with E-state index in [2.05, 4.69) is 0 Å². The van der Waals surface area contributed by atoms with Crippen LogP contribution < -0.4 is 5.73 Å². The zero-order valence-corrected chi connectivity index (χ0v) is 7.69. The molecule has 0 amide bonds. The molecule has 14 heavy (non-hydrogen) atoms. The van der Waals surface area contributed by atoms with Gasteiger partial charge in [-0.1, -0.05) is 6.07 Å². The first-order chi connectivity index (χ1) is 6.53. The van der Waals surface area contributed by atoms with Crippen molar-refractivity contribution in [3.05, 3.63) is 35.4 Å². The maximum atomic E-state index is 13.0. The van der Waals surface area contributed by atoms with Crippen molar-refractivity contribution in [3.8, 4) is 0 Å². The molecule has 0 spiro atoms. The van der Waals surface area contributed by atoms with Crippen LogP contribution in [0.1, 0.15) is 24.8 Å². The number of nitrogens with two attached hydrogens (primary N) is 1. The van der Waals surface area contributed by atoms with Crippen molar-refractivity contribution < 1.29 is 8.78 Å². The molecular weight excluding hydrogens is 184 g/mol. The van der Waals surface area contributed by atoms with Crippen LogP contribution in [-0.2, 0) is 5.41 Å². The second kappa shape index (κ2) is 2.16. The fourth-order valence-electron chi connectivity index (χ4n) is 3.00. The SMILES string of the molecule is NC12CC(c3ccc(F)c(F)c3)(C1)C2. The van der Waals surface area contributed by atoms with Gasteiger partial charge in [0.2, 0.25) is 0 Å². The van der Waals surface area contributed by atoms with Crippen LogP contribution in [0.5, 0.6) is 0 Å². The van der Waals surface area contributed by atoms with E-state index >= 15 is 0 Å². The molecule has 1 nitrogen and oxygen atoms in total. The highest BCUT2D eigenvalue weighted by molar-refractivity contribution is 5.41. The predicted molar refractivity (Wildman–Crippen MR) is 48.8 cm³/mol. The standard InChI is InChI=1S/C11H11F2N/c12-8-2-1-7(3-9(8)13)10-4-11(14,5-10)6-10/h1-3H,4-6,14H2. The van der Waals surface area contributed by atoms with Gasteiger partial charge in [-0.3, -0.25) is 0 Å². The number of rotatable bonds is 1. The van der Waals surface area contributed by atoms with E-state index in [1.807, 2.05) is 0 Å². The molecule has 0 saturated heterocycles. The van der Waals surface area contributed by atoms with Gasteiger partial charge in [0, 0.05) is 11.0 Å². The first-order valence-electron chi connectivity index (χ1n) is 4.78. The normalized spacial score (nSPS) is 38.8. The number of halogens is 2. The molecule has 0 atom stereocenters. The average molecular weight is 195 g/mol. The summed E-state index contributed by atoms with van der Waals surface area (Å²) in [6.07, 6.45) is 2.77. The van der Waals surface area contributed by atoms with Crippen LogP contribution in [0.15, 0.2) is 18.2 Å². The molecule has 0 aliphatic heterocycles. The summed E-state index contributed by atoms with van der Waals surface area (Å²) in [5.74, 6) is -1.53. The minimum absolute atomic E-state index is 0.00482. The third-order valence-electron chi connectivity index (χ3n) is 3.60. The second-order valence-corrected chi connectivity index (χ2v) is 4.80. The van der Waals surface area contributed by atoms with E-state index in [1.165, 1.54) is 12.1 Å². The summed E-state index contributed by atoms with van der Waals surface area (Å²) in [6.45, 7) is 0. The van der Waals surface area contributed by atoms with E-state index in [9.17, 15) is 8.78 Å². The Hall–Kier alpha value is -0.960. The molecule has 0 unspecified atom stereocenters. The highest BCUT2D eigenvalue weighted by atomic mass is 19.2. The van der Waals surface area contributed by atoms with Gasteiger partial charge in [0.1, 0.15) is 0 Å². The van der Waals surface area contributed by atoms with Gasteiger partial charge in [-0.2, -0.15) is 0 Å². The highest BCUT2D eigenvalue weighted by Gasteiger charge is 2.66. The molecule has 3 saturated carbocycles. The van der Waals surface area contributed by atoms with Crippen molar-refractivity contribution in [2.45, 2.75) is 30.2 Å². The summed E-state index contributed by atoms with van der Waals surface area (Å²) in [4.78, 5) is 0. The molecule has 3 fully saturated rings. The quantitative estimate of drug-likeness (QED) is 0.729. The summed E-state index contributed by atoms with van der Waals surface area (Å²) >= 11 is 0. The zero-order chi connectivity index (χ0) is 9.97. The Balaban J connectivity index is 1.95. The van der Waals surface area contributed by atoms with Crippen molar-refractivity contribution >= 4 is 0 Å². The lowest BCUT2D eigenvalue weighted by molar-refractivity contribution is -0.0592. The van der Waals surface area contributed by atoms with Gasteiger partial charge < -0.3 is 5.73 Å². The van der Waals surface area contributed by atoms with Crippen LogP contribution in [0.3, 0.4) is 0 Å². The van der Waals surface area contributed by atoms with Gasteiger partial charge in [0.05, 0.1) is 0 Å². The van der Waals surface area contributed by atoms with Crippen molar-refractivity contribution in [3.63, 3.8) is 0 Å². The van der Waals surface area contributed by atoms with Crippen LogP contribution in [0.25, 0.3) is 0 Å². The molecule has 1 aromatic rings. The summed E-state index contributed by atoms with van der Waals surface area (Å²) in [6, 6.07) is 4.19. The molecule has 0 heterocycles. The Bertz CT molecular complexity index is 394. The van der Waals surface area contributed by atoms with Gasteiger partial charge >= 0.3 is 0 Å². The molecular formula is C11H11F2N. The third-order valence-corrected chi connectivity index (χ3v) is 3.60. The minimum Gasteiger partial charge on any atom is -0.325 e. The Morgan fingerprint density at radius 1 is 1.07 bits per heavy atom. The fraction of sp³-hybridized carbons (Fsp3) is 0.455. The van der Waals surface area contributed by atoms with Gasteiger partial charge in [-0.25, -0.2) is 8.78 Å². The van der Waals surface area contributed by atoms with Crippen LogP contribution in [0, 0.1) is 11.6 Å². The molecule has 4 rings (SSSR count). The molecule has 1 aromatic carbocycles. The van der Waals surface area contributed by atoms with Gasteiger partial charge in [0.15, 0.2) is 11.6 Å². The van der Waals surface area contributed by atoms with Crippen molar-refractivity contribution in [1.82, 2.24) is 0 Å². The van der Waals surface area contributed by atoms with Crippen molar-refractivity contribution in [1.29, 1.82) is 0 Å². The lowest BCUT2D eigenvalue weighted by Crippen LogP contribution is -2.74. The molecule has 3 aliphatic rings. The molecule has 2 N–H and O–H groups in total.